The van der Waals surface area contributed by atoms with Gasteiger partial charge in [-0.3, -0.25) is 9.59 Å². The summed E-state index contributed by atoms with van der Waals surface area (Å²) in [7, 11) is 1.94. The van der Waals surface area contributed by atoms with E-state index in [1.165, 1.54) is 19.2 Å². The molecule has 0 radical (unpaired) electrons. The van der Waals surface area contributed by atoms with Crippen LogP contribution in [0, 0.1) is 0 Å². The molecule has 23 heavy (non-hydrogen) atoms. The molecule has 0 unspecified atom stereocenters. The van der Waals surface area contributed by atoms with Crippen LogP contribution in [-0.2, 0) is 9.59 Å². The lowest BCUT2D eigenvalue weighted by atomic mass is 9.97. The molecule has 1 heterocycles. The molecule has 0 spiro atoms. The molecule has 2 aromatic rings. The van der Waals surface area contributed by atoms with E-state index in [2.05, 4.69) is 22.8 Å². The summed E-state index contributed by atoms with van der Waals surface area (Å²) in [6.45, 7) is 2.87. The molecule has 0 fully saturated rings. The van der Waals surface area contributed by atoms with E-state index in [-0.39, 0.29) is 11.8 Å². The highest BCUT2D eigenvalue weighted by molar-refractivity contribution is 6.04. The van der Waals surface area contributed by atoms with Crippen molar-refractivity contribution in [2.24, 2.45) is 0 Å². The van der Waals surface area contributed by atoms with Gasteiger partial charge < -0.3 is 15.5 Å². The maximum absolute atomic E-state index is 11.5. The largest absolute Gasteiger partial charge is 0.344 e. The molecular weight excluding hydrogens is 290 g/mol. The van der Waals surface area contributed by atoms with Gasteiger partial charge in [-0.2, -0.15) is 0 Å². The number of benzene rings is 2. The summed E-state index contributed by atoms with van der Waals surface area (Å²) in [5.74, 6) is -0.398. The van der Waals surface area contributed by atoms with E-state index >= 15 is 0 Å². The predicted molar refractivity (Wildman–Crippen MR) is 91.7 cm³/mol. The molecule has 5 heteroatoms. The van der Waals surface area contributed by atoms with Crippen LogP contribution < -0.4 is 15.5 Å². The average Bonchev–Trinajstić information content (AvgIpc) is 2.49. The Bertz CT molecular complexity index is 805. The quantitative estimate of drug-likeness (QED) is 0.855. The fraction of sp³-hybridized carbons (Fsp3) is 0.222. The predicted octanol–water partition coefficient (Wildman–Crippen LogP) is 2.23. The average molecular weight is 309 g/mol. The molecule has 0 aromatic heterocycles. The fourth-order valence-electron chi connectivity index (χ4n) is 3.01. The first-order valence-corrected chi connectivity index (χ1v) is 7.48. The number of anilines is 1. The van der Waals surface area contributed by atoms with Crippen molar-refractivity contribution >= 4 is 34.4 Å². The molecule has 3 rings (SSSR count). The first kappa shape index (κ1) is 15.1. The van der Waals surface area contributed by atoms with Gasteiger partial charge in [0, 0.05) is 32.0 Å². The van der Waals surface area contributed by atoms with Crippen LogP contribution in [0.2, 0.25) is 0 Å². The standard InChI is InChI=1S/C18H19N3O2/c1-11(22)19-18(20-12(2)23)16-10-14-8-4-6-13-7-5-9-15(17(13)14)21(16)3/h4-10,18H,1-3H3,(H,19,22)(H,20,23). The number of carbonyl (C=O) groups is 2. The molecule has 0 atom stereocenters. The van der Waals surface area contributed by atoms with Crippen LogP contribution in [0.25, 0.3) is 16.8 Å². The molecule has 0 aliphatic carbocycles. The van der Waals surface area contributed by atoms with Crippen LogP contribution in [0.3, 0.4) is 0 Å². The molecule has 0 saturated carbocycles. The van der Waals surface area contributed by atoms with Crippen molar-refractivity contribution in [2.45, 2.75) is 20.0 Å². The monoisotopic (exact) mass is 309 g/mol. The van der Waals surface area contributed by atoms with E-state index in [1.54, 1.807) is 0 Å². The Morgan fingerprint density at radius 3 is 2.22 bits per heavy atom. The number of hydrogen-bond acceptors (Lipinski definition) is 3. The van der Waals surface area contributed by atoms with Crippen molar-refractivity contribution in [1.82, 2.24) is 10.6 Å². The number of likely N-dealkylation sites (N-methyl/N-ethyl adjacent to an activating group) is 1. The van der Waals surface area contributed by atoms with Crippen molar-refractivity contribution in [1.29, 1.82) is 0 Å². The van der Waals surface area contributed by atoms with Gasteiger partial charge in [-0.05, 0) is 23.1 Å². The third kappa shape index (κ3) is 2.77. The summed E-state index contributed by atoms with van der Waals surface area (Å²) in [6, 6.07) is 12.2. The Kier molecular flexibility index (Phi) is 3.78. The van der Waals surface area contributed by atoms with Gasteiger partial charge in [0.15, 0.2) is 0 Å². The Labute approximate surface area is 135 Å². The molecule has 118 valence electrons. The SMILES string of the molecule is CC(=O)NC(NC(C)=O)C1=Cc2cccc3cccc(c23)N1C. The normalized spacial score (nSPS) is 13.0. The number of nitrogens with zero attached hydrogens (tertiary/aromatic N) is 1. The summed E-state index contributed by atoms with van der Waals surface area (Å²) in [5, 5.41) is 7.92. The molecule has 5 nitrogen and oxygen atoms in total. The summed E-state index contributed by atoms with van der Waals surface area (Å²) in [4.78, 5) is 25.0. The van der Waals surface area contributed by atoms with Crippen molar-refractivity contribution in [3.63, 3.8) is 0 Å². The summed E-state index contributed by atoms with van der Waals surface area (Å²) in [6.07, 6.45) is 1.44. The second-order valence-electron chi connectivity index (χ2n) is 5.68. The highest BCUT2D eigenvalue weighted by Crippen LogP contribution is 2.36. The van der Waals surface area contributed by atoms with Crippen LogP contribution in [-0.4, -0.2) is 25.0 Å². The zero-order valence-corrected chi connectivity index (χ0v) is 13.4. The lowest BCUT2D eigenvalue weighted by Crippen LogP contribution is -2.51. The first-order valence-electron chi connectivity index (χ1n) is 7.48. The topological polar surface area (TPSA) is 61.4 Å². The van der Waals surface area contributed by atoms with Crippen LogP contribution in [0.4, 0.5) is 5.69 Å². The van der Waals surface area contributed by atoms with E-state index in [0.29, 0.717) is 0 Å². The second-order valence-corrected chi connectivity index (χ2v) is 5.68. The maximum atomic E-state index is 11.5. The second kappa shape index (κ2) is 5.76. The van der Waals surface area contributed by atoms with Crippen molar-refractivity contribution in [2.75, 3.05) is 11.9 Å². The number of nitrogens with one attached hydrogen (secondary N) is 2. The van der Waals surface area contributed by atoms with Gasteiger partial charge in [-0.1, -0.05) is 30.3 Å². The Balaban J connectivity index is 2.12. The molecule has 0 saturated heterocycles. The minimum atomic E-state index is -0.571. The van der Waals surface area contributed by atoms with Crippen molar-refractivity contribution in [3.8, 4) is 0 Å². The van der Waals surface area contributed by atoms with Crippen LogP contribution >= 0.6 is 0 Å². The number of hydrogen-bond donors (Lipinski definition) is 2. The van der Waals surface area contributed by atoms with Gasteiger partial charge in [0.2, 0.25) is 11.8 Å². The van der Waals surface area contributed by atoms with E-state index < -0.39 is 6.17 Å². The van der Waals surface area contributed by atoms with Crippen LogP contribution in [0.15, 0.2) is 42.1 Å². The smallest absolute Gasteiger partial charge is 0.218 e. The third-order valence-corrected chi connectivity index (χ3v) is 3.96. The lowest BCUT2D eigenvalue weighted by Gasteiger charge is -2.34. The van der Waals surface area contributed by atoms with Crippen molar-refractivity contribution in [3.05, 3.63) is 47.7 Å². The number of amides is 2. The molecule has 2 amide bonds. The third-order valence-electron chi connectivity index (χ3n) is 3.96. The summed E-state index contributed by atoms with van der Waals surface area (Å²) >= 11 is 0. The lowest BCUT2D eigenvalue weighted by molar-refractivity contribution is -0.121. The number of carbonyl (C=O) groups excluding carboxylic acids is 2. The van der Waals surface area contributed by atoms with Crippen LogP contribution in [0.1, 0.15) is 19.4 Å². The molecule has 1 aliphatic rings. The highest BCUT2D eigenvalue weighted by Gasteiger charge is 2.25. The van der Waals surface area contributed by atoms with Crippen LogP contribution in [0.5, 0.6) is 0 Å². The van der Waals surface area contributed by atoms with Crippen molar-refractivity contribution < 1.29 is 9.59 Å². The first-order chi connectivity index (χ1) is 11.0. The van der Waals surface area contributed by atoms with E-state index in [1.807, 2.05) is 42.3 Å². The van der Waals surface area contributed by atoms with E-state index in [0.717, 1.165) is 22.3 Å². The van der Waals surface area contributed by atoms with Gasteiger partial charge in [-0.15, -0.1) is 0 Å². The van der Waals surface area contributed by atoms with E-state index in [4.69, 9.17) is 0 Å². The summed E-state index contributed by atoms with van der Waals surface area (Å²) < 4.78 is 0. The van der Waals surface area contributed by atoms with Gasteiger partial charge in [0.1, 0.15) is 6.17 Å². The zero-order chi connectivity index (χ0) is 16.6. The molecular formula is C18H19N3O2. The molecule has 0 bridgehead atoms. The number of rotatable bonds is 3. The maximum Gasteiger partial charge on any atom is 0.218 e. The highest BCUT2D eigenvalue weighted by atomic mass is 16.2. The minimum Gasteiger partial charge on any atom is -0.344 e. The zero-order valence-electron chi connectivity index (χ0n) is 13.4. The summed E-state index contributed by atoms with van der Waals surface area (Å²) in [5.41, 5.74) is 2.95. The van der Waals surface area contributed by atoms with Gasteiger partial charge >= 0.3 is 0 Å². The Morgan fingerprint density at radius 1 is 1.00 bits per heavy atom. The van der Waals surface area contributed by atoms with Gasteiger partial charge in [0.25, 0.3) is 0 Å². The van der Waals surface area contributed by atoms with Gasteiger partial charge in [0.05, 0.1) is 5.70 Å². The molecule has 1 aliphatic heterocycles. The molecule has 2 N–H and O–H groups in total. The van der Waals surface area contributed by atoms with E-state index in [9.17, 15) is 9.59 Å². The minimum absolute atomic E-state index is 0.199. The molecule has 2 aromatic carbocycles. The Hall–Kier alpha value is -2.82. The van der Waals surface area contributed by atoms with Gasteiger partial charge in [-0.25, -0.2) is 0 Å². The Morgan fingerprint density at radius 2 is 1.61 bits per heavy atom. The fourth-order valence-corrected chi connectivity index (χ4v) is 3.01.